The third-order valence-electron chi connectivity index (χ3n) is 2.50. The monoisotopic (exact) mass is 268 g/mol. The molecular formula is C13H14F2N2O2. The number of rotatable bonds is 4. The highest BCUT2D eigenvalue weighted by Crippen LogP contribution is 2.27. The van der Waals surface area contributed by atoms with Gasteiger partial charge in [-0.3, -0.25) is 4.79 Å². The first-order valence-corrected chi connectivity index (χ1v) is 5.85. The van der Waals surface area contributed by atoms with Crippen LogP contribution in [-0.4, -0.2) is 23.5 Å². The normalized spacial score (nSPS) is 11.3. The van der Waals surface area contributed by atoms with E-state index >= 15 is 0 Å². The quantitative estimate of drug-likeness (QED) is 0.895. The number of carbonyl (C=O) groups excluding carboxylic acids is 1. The van der Waals surface area contributed by atoms with Crippen LogP contribution in [0.1, 0.15) is 24.3 Å². The fourth-order valence-corrected chi connectivity index (χ4v) is 1.79. The summed E-state index contributed by atoms with van der Waals surface area (Å²) < 4.78 is 29.0. The molecule has 1 aromatic heterocycles. The number of H-pyrrole nitrogens is 1. The van der Waals surface area contributed by atoms with Crippen LogP contribution in [0, 0.1) is 0 Å². The first-order valence-electron chi connectivity index (χ1n) is 5.85. The van der Waals surface area contributed by atoms with Crippen LogP contribution in [-0.2, 0) is 0 Å². The van der Waals surface area contributed by atoms with E-state index in [0.717, 1.165) is 0 Å². The molecule has 0 saturated carbocycles. The SMILES string of the molecule is CC(C)NC(=O)c1cc2c(OC(F)F)cccc2[nH]1. The summed E-state index contributed by atoms with van der Waals surface area (Å²) in [5.74, 6) is -0.235. The molecule has 2 rings (SSSR count). The molecule has 0 saturated heterocycles. The number of alkyl halides is 2. The molecule has 0 atom stereocenters. The van der Waals surface area contributed by atoms with Gasteiger partial charge in [0, 0.05) is 16.9 Å². The van der Waals surface area contributed by atoms with Crippen molar-refractivity contribution in [2.24, 2.45) is 0 Å². The first kappa shape index (κ1) is 13.3. The fraction of sp³-hybridized carbons (Fsp3) is 0.308. The van der Waals surface area contributed by atoms with Crippen LogP contribution in [0.25, 0.3) is 10.9 Å². The molecule has 1 amide bonds. The van der Waals surface area contributed by atoms with Crippen molar-refractivity contribution in [2.45, 2.75) is 26.5 Å². The molecule has 6 heteroatoms. The summed E-state index contributed by atoms with van der Waals surface area (Å²) in [5, 5.41) is 3.18. The maximum absolute atomic E-state index is 12.3. The van der Waals surface area contributed by atoms with E-state index in [9.17, 15) is 13.6 Å². The van der Waals surface area contributed by atoms with Gasteiger partial charge in [0.1, 0.15) is 11.4 Å². The number of nitrogens with one attached hydrogen (secondary N) is 2. The first-order chi connectivity index (χ1) is 8.97. The highest BCUT2D eigenvalue weighted by Gasteiger charge is 2.14. The van der Waals surface area contributed by atoms with Crippen molar-refractivity contribution < 1.29 is 18.3 Å². The van der Waals surface area contributed by atoms with E-state index < -0.39 is 6.61 Å². The Hall–Kier alpha value is -2.11. The molecule has 0 radical (unpaired) electrons. The lowest BCUT2D eigenvalue weighted by molar-refractivity contribution is -0.0487. The summed E-state index contributed by atoms with van der Waals surface area (Å²) in [6, 6.07) is 6.22. The molecule has 102 valence electrons. The third-order valence-corrected chi connectivity index (χ3v) is 2.50. The van der Waals surface area contributed by atoms with Gasteiger partial charge in [-0.15, -0.1) is 0 Å². The summed E-state index contributed by atoms with van der Waals surface area (Å²) in [4.78, 5) is 14.7. The van der Waals surface area contributed by atoms with E-state index in [-0.39, 0.29) is 17.7 Å². The van der Waals surface area contributed by atoms with Crippen LogP contribution in [0.3, 0.4) is 0 Å². The van der Waals surface area contributed by atoms with Crippen molar-refractivity contribution >= 4 is 16.8 Å². The molecule has 0 spiro atoms. The number of aromatic amines is 1. The van der Waals surface area contributed by atoms with Crippen LogP contribution in [0.2, 0.25) is 0 Å². The zero-order valence-corrected chi connectivity index (χ0v) is 10.5. The van der Waals surface area contributed by atoms with Crippen LogP contribution in [0.15, 0.2) is 24.3 Å². The average Bonchev–Trinajstić information content (AvgIpc) is 2.72. The summed E-state index contributed by atoms with van der Waals surface area (Å²) in [6.07, 6.45) is 0. The molecule has 1 heterocycles. The number of amides is 1. The third kappa shape index (κ3) is 3.01. The minimum absolute atomic E-state index is 0.00398. The van der Waals surface area contributed by atoms with Crippen molar-refractivity contribution in [3.63, 3.8) is 0 Å². The molecule has 19 heavy (non-hydrogen) atoms. The summed E-state index contributed by atoms with van der Waals surface area (Å²) >= 11 is 0. The zero-order chi connectivity index (χ0) is 14.0. The largest absolute Gasteiger partial charge is 0.434 e. The van der Waals surface area contributed by atoms with Gasteiger partial charge < -0.3 is 15.0 Å². The number of hydrogen-bond acceptors (Lipinski definition) is 2. The number of fused-ring (bicyclic) bond motifs is 1. The lowest BCUT2D eigenvalue weighted by Crippen LogP contribution is -2.30. The number of benzene rings is 1. The lowest BCUT2D eigenvalue weighted by Gasteiger charge is -2.05. The number of carbonyl (C=O) groups is 1. The molecule has 2 N–H and O–H groups in total. The molecule has 0 bridgehead atoms. The van der Waals surface area contributed by atoms with Crippen LogP contribution >= 0.6 is 0 Å². The van der Waals surface area contributed by atoms with Crippen molar-refractivity contribution in [1.82, 2.24) is 10.3 Å². The van der Waals surface area contributed by atoms with Crippen molar-refractivity contribution in [3.05, 3.63) is 30.0 Å². The van der Waals surface area contributed by atoms with Gasteiger partial charge in [0.15, 0.2) is 0 Å². The highest BCUT2D eigenvalue weighted by atomic mass is 19.3. The van der Waals surface area contributed by atoms with Gasteiger partial charge >= 0.3 is 6.61 Å². The Morgan fingerprint density at radius 2 is 2.11 bits per heavy atom. The maximum atomic E-state index is 12.3. The van der Waals surface area contributed by atoms with E-state index in [1.807, 2.05) is 13.8 Å². The predicted octanol–water partition coefficient (Wildman–Crippen LogP) is 2.91. The Kier molecular flexibility index (Phi) is 3.69. The summed E-state index contributed by atoms with van der Waals surface area (Å²) in [7, 11) is 0. The molecule has 4 nitrogen and oxygen atoms in total. The molecule has 0 aliphatic carbocycles. The van der Waals surface area contributed by atoms with Gasteiger partial charge in [-0.2, -0.15) is 8.78 Å². The minimum Gasteiger partial charge on any atom is -0.434 e. The van der Waals surface area contributed by atoms with Crippen LogP contribution < -0.4 is 10.1 Å². The second-order valence-electron chi connectivity index (χ2n) is 4.41. The van der Waals surface area contributed by atoms with E-state index in [0.29, 0.717) is 16.6 Å². The number of ether oxygens (including phenoxy) is 1. The van der Waals surface area contributed by atoms with Gasteiger partial charge in [0.2, 0.25) is 0 Å². The van der Waals surface area contributed by atoms with Gasteiger partial charge in [0.05, 0.1) is 0 Å². The second-order valence-corrected chi connectivity index (χ2v) is 4.41. The Morgan fingerprint density at radius 1 is 1.37 bits per heavy atom. The van der Waals surface area contributed by atoms with Crippen molar-refractivity contribution in [1.29, 1.82) is 0 Å². The number of halogens is 2. The fourth-order valence-electron chi connectivity index (χ4n) is 1.79. The second kappa shape index (κ2) is 5.26. The van der Waals surface area contributed by atoms with Gasteiger partial charge in [-0.25, -0.2) is 0 Å². The molecule has 0 unspecified atom stereocenters. The lowest BCUT2D eigenvalue weighted by atomic mass is 10.2. The van der Waals surface area contributed by atoms with E-state index in [1.54, 1.807) is 12.1 Å². The zero-order valence-electron chi connectivity index (χ0n) is 10.5. The predicted molar refractivity (Wildman–Crippen MR) is 67.5 cm³/mol. The molecule has 0 aliphatic heterocycles. The van der Waals surface area contributed by atoms with E-state index in [4.69, 9.17) is 0 Å². The highest BCUT2D eigenvalue weighted by molar-refractivity contribution is 5.99. The average molecular weight is 268 g/mol. The van der Waals surface area contributed by atoms with Crippen LogP contribution in [0.5, 0.6) is 5.75 Å². The Balaban J connectivity index is 2.37. The Labute approximate surface area is 108 Å². The van der Waals surface area contributed by atoms with Crippen molar-refractivity contribution in [3.8, 4) is 5.75 Å². The van der Waals surface area contributed by atoms with Crippen LogP contribution in [0.4, 0.5) is 8.78 Å². The molecular weight excluding hydrogens is 254 g/mol. The van der Waals surface area contributed by atoms with Gasteiger partial charge in [0.25, 0.3) is 5.91 Å². The van der Waals surface area contributed by atoms with E-state index in [2.05, 4.69) is 15.0 Å². The Bertz CT molecular complexity index is 593. The topological polar surface area (TPSA) is 54.1 Å². The van der Waals surface area contributed by atoms with Gasteiger partial charge in [-0.05, 0) is 32.0 Å². The standard InChI is InChI=1S/C13H14F2N2O2/c1-7(2)16-12(18)10-6-8-9(17-10)4-3-5-11(8)19-13(14)15/h3-7,13,17H,1-2H3,(H,16,18). The van der Waals surface area contributed by atoms with Crippen molar-refractivity contribution in [2.75, 3.05) is 0 Å². The minimum atomic E-state index is -2.89. The van der Waals surface area contributed by atoms with E-state index in [1.165, 1.54) is 12.1 Å². The van der Waals surface area contributed by atoms with Gasteiger partial charge in [-0.1, -0.05) is 6.07 Å². The summed E-state index contributed by atoms with van der Waals surface area (Å²) in [5.41, 5.74) is 0.890. The number of hydrogen-bond donors (Lipinski definition) is 2. The summed E-state index contributed by atoms with van der Waals surface area (Å²) in [6.45, 7) is 0.783. The molecule has 0 aliphatic rings. The smallest absolute Gasteiger partial charge is 0.387 e. The Morgan fingerprint density at radius 3 is 2.74 bits per heavy atom. The maximum Gasteiger partial charge on any atom is 0.387 e. The molecule has 0 fully saturated rings. The number of aromatic nitrogens is 1. The molecule has 2 aromatic rings. The molecule has 1 aromatic carbocycles.